The van der Waals surface area contributed by atoms with Gasteiger partial charge in [0.2, 0.25) is 0 Å². The summed E-state index contributed by atoms with van der Waals surface area (Å²) in [7, 11) is 2.20. The third-order valence-electron chi connectivity index (χ3n) is 5.29. The van der Waals surface area contributed by atoms with Gasteiger partial charge in [-0.05, 0) is 25.5 Å². The standard InChI is InChI=1S/C17H20N2O/c1-3-10-9-19(2)14-8-12(10)17(20)16-15(14)11-6-4-5-7-13(11)18-16/h4-7,10,12,14,18H,3,8-9H2,1-2H3/t10-,12+,14+/m0/s1. The van der Waals surface area contributed by atoms with E-state index in [0.717, 1.165) is 30.6 Å². The number of hydrogen-bond donors (Lipinski definition) is 1. The Balaban J connectivity index is 1.95. The number of benzene rings is 1. The van der Waals surface area contributed by atoms with Gasteiger partial charge in [-0.25, -0.2) is 0 Å². The molecular weight excluding hydrogens is 248 g/mol. The number of nitrogens with zero attached hydrogens (tertiary/aromatic N) is 1. The van der Waals surface area contributed by atoms with Crippen molar-refractivity contribution in [1.82, 2.24) is 9.88 Å². The van der Waals surface area contributed by atoms with Gasteiger partial charge in [0.1, 0.15) is 0 Å². The van der Waals surface area contributed by atoms with Crippen molar-refractivity contribution in [2.45, 2.75) is 25.8 Å². The van der Waals surface area contributed by atoms with Crippen LogP contribution in [-0.4, -0.2) is 29.3 Å². The normalized spacial score (nSPS) is 29.7. The van der Waals surface area contributed by atoms with Gasteiger partial charge in [-0.1, -0.05) is 31.5 Å². The maximum atomic E-state index is 12.8. The maximum absolute atomic E-state index is 12.8. The van der Waals surface area contributed by atoms with Crippen LogP contribution in [0.4, 0.5) is 0 Å². The van der Waals surface area contributed by atoms with Gasteiger partial charge in [-0.15, -0.1) is 0 Å². The molecule has 104 valence electrons. The fraction of sp³-hybridized carbons (Fsp3) is 0.471. The number of fused-ring (bicyclic) bond motifs is 6. The number of nitrogens with one attached hydrogen (secondary N) is 1. The average Bonchev–Trinajstić information content (AvgIpc) is 2.85. The lowest BCUT2D eigenvalue weighted by Gasteiger charge is -2.44. The van der Waals surface area contributed by atoms with Crippen LogP contribution in [0, 0.1) is 11.8 Å². The van der Waals surface area contributed by atoms with E-state index in [0.29, 0.717) is 17.7 Å². The van der Waals surface area contributed by atoms with Crippen molar-refractivity contribution in [3.05, 3.63) is 35.5 Å². The van der Waals surface area contributed by atoms with Gasteiger partial charge in [0.25, 0.3) is 0 Å². The first-order chi connectivity index (χ1) is 9.70. The number of ketones is 1. The molecule has 0 spiro atoms. The van der Waals surface area contributed by atoms with Crippen molar-refractivity contribution < 1.29 is 4.79 Å². The summed E-state index contributed by atoms with van der Waals surface area (Å²) in [6.07, 6.45) is 2.08. The predicted octanol–water partition coefficient (Wildman–Crippen LogP) is 3.38. The number of para-hydroxylation sites is 1. The van der Waals surface area contributed by atoms with E-state index in [-0.39, 0.29) is 5.92 Å². The first kappa shape index (κ1) is 12.2. The highest BCUT2D eigenvalue weighted by Crippen LogP contribution is 2.47. The number of Topliss-reactive ketones (excluding diaryl/α,β-unsaturated/α-hetero) is 1. The zero-order chi connectivity index (χ0) is 13.9. The molecule has 1 aromatic carbocycles. The molecule has 1 N–H and O–H groups in total. The van der Waals surface area contributed by atoms with E-state index >= 15 is 0 Å². The molecule has 2 bridgehead atoms. The molecule has 1 aliphatic carbocycles. The van der Waals surface area contributed by atoms with Crippen LogP contribution in [0.3, 0.4) is 0 Å². The van der Waals surface area contributed by atoms with E-state index < -0.39 is 0 Å². The summed E-state index contributed by atoms with van der Waals surface area (Å²) in [5.41, 5.74) is 3.20. The minimum absolute atomic E-state index is 0.210. The number of hydrogen-bond acceptors (Lipinski definition) is 2. The molecule has 1 aliphatic heterocycles. The largest absolute Gasteiger partial charge is 0.352 e. The summed E-state index contributed by atoms with van der Waals surface area (Å²) in [6, 6.07) is 8.69. The van der Waals surface area contributed by atoms with Gasteiger partial charge in [0, 0.05) is 35.0 Å². The molecule has 1 fully saturated rings. The SMILES string of the molecule is CC[C@H]1CN(C)[C@@H]2C[C@H]1C(=O)c1[nH]c3ccccc3c12. The molecule has 3 heteroatoms. The third kappa shape index (κ3) is 1.47. The molecule has 0 unspecified atom stereocenters. The highest BCUT2D eigenvalue weighted by Gasteiger charge is 2.45. The van der Waals surface area contributed by atoms with Crippen molar-refractivity contribution in [2.75, 3.05) is 13.6 Å². The minimum Gasteiger partial charge on any atom is -0.352 e. The Morgan fingerprint density at radius 1 is 1.35 bits per heavy atom. The second-order valence-electron chi connectivity index (χ2n) is 6.29. The van der Waals surface area contributed by atoms with Crippen LogP contribution < -0.4 is 0 Å². The highest BCUT2D eigenvalue weighted by atomic mass is 16.1. The highest BCUT2D eigenvalue weighted by molar-refractivity contribution is 6.05. The number of carbonyl (C=O) groups excluding carboxylic acids is 1. The van der Waals surface area contributed by atoms with Crippen LogP contribution in [0.5, 0.6) is 0 Å². The lowest BCUT2D eigenvalue weighted by Crippen LogP contribution is -2.46. The number of likely N-dealkylation sites (tertiary alicyclic amines) is 1. The molecule has 3 atom stereocenters. The van der Waals surface area contributed by atoms with E-state index in [1.165, 1.54) is 10.9 Å². The van der Waals surface area contributed by atoms with Crippen molar-refractivity contribution in [3.63, 3.8) is 0 Å². The topological polar surface area (TPSA) is 36.1 Å². The van der Waals surface area contributed by atoms with Gasteiger partial charge in [0.05, 0.1) is 5.69 Å². The van der Waals surface area contributed by atoms with Gasteiger partial charge in [0.15, 0.2) is 5.78 Å². The van der Waals surface area contributed by atoms with Crippen LogP contribution in [0.25, 0.3) is 10.9 Å². The molecular formula is C17H20N2O. The van der Waals surface area contributed by atoms with Crippen molar-refractivity contribution >= 4 is 16.7 Å². The number of aromatic nitrogens is 1. The molecule has 2 aromatic rings. The van der Waals surface area contributed by atoms with Crippen molar-refractivity contribution in [1.29, 1.82) is 0 Å². The average molecular weight is 268 g/mol. The number of H-pyrrole nitrogens is 1. The van der Waals surface area contributed by atoms with Crippen LogP contribution >= 0.6 is 0 Å². The third-order valence-corrected chi connectivity index (χ3v) is 5.29. The lowest BCUT2D eigenvalue weighted by molar-refractivity contribution is 0.0509. The van der Waals surface area contributed by atoms with Crippen molar-refractivity contribution in [2.24, 2.45) is 11.8 Å². The molecule has 4 rings (SSSR count). The minimum atomic E-state index is 0.210. The first-order valence-electron chi connectivity index (χ1n) is 7.55. The van der Waals surface area contributed by atoms with Gasteiger partial charge in [-0.2, -0.15) is 0 Å². The number of rotatable bonds is 1. The van der Waals surface area contributed by atoms with E-state index in [1.807, 2.05) is 6.07 Å². The van der Waals surface area contributed by atoms with Gasteiger partial charge in [-0.3, -0.25) is 9.69 Å². The van der Waals surface area contributed by atoms with Gasteiger partial charge >= 0.3 is 0 Å². The Bertz CT molecular complexity index is 687. The Morgan fingerprint density at radius 2 is 2.15 bits per heavy atom. The fourth-order valence-corrected chi connectivity index (χ4v) is 4.20. The smallest absolute Gasteiger partial charge is 0.182 e. The van der Waals surface area contributed by atoms with Gasteiger partial charge < -0.3 is 4.98 Å². The molecule has 2 aliphatic rings. The second kappa shape index (κ2) is 4.19. The summed E-state index contributed by atoms with van der Waals surface area (Å²) in [5, 5.41) is 1.22. The summed E-state index contributed by atoms with van der Waals surface area (Å²) in [6.45, 7) is 3.24. The number of piperidine rings is 1. The van der Waals surface area contributed by atoms with Crippen molar-refractivity contribution in [3.8, 4) is 0 Å². The summed E-state index contributed by atoms with van der Waals surface area (Å²) < 4.78 is 0. The number of carbonyl (C=O) groups is 1. The zero-order valence-corrected chi connectivity index (χ0v) is 12.0. The van der Waals surface area contributed by atoms with E-state index in [1.54, 1.807) is 0 Å². The predicted molar refractivity (Wildman–Crippen MR) is 79.9 cm³/mol. The maximum Gasteiger partial charge on any atom is 0.182 e. The Morgan fingerprint density at radius 3 is 2.95 bits per heavy atom. The molecule has 20 heavy (non-hydrogen) atoms. The van der Waals surface area contributed by atoms with Crippen LogP contribution in [0.1, 0.15) is 41.9 Å². The van der Waals surface area contributed by atoms with E-state index in [4.69, 9.17) is 0 Å². The van der Waals surface area contributed by atoms with E-state index in [9.17, 15) is 4.79 Å². The molecule has 0 amide bonds. The lowest BCUT2D eigenvalue weighted by atomic mass is 9.71. The summed E-state index contributed by atoms with van der Waals surface area (Å²) in [4.78, 5) is 18.6. The Kier molecular flexibility index (Phi) is 2.55. The molecule has 0 radical (unpaired) electrons. The molecule has 1 aromatic heterocycles. The Hall–Kier alpha value is -1.61. The zero-order valence-electron chi connectivity index (χ0n) is 12.0. The molecule has 3 nitrogen and oxygen atoms in total. The Labute approximate surface area is 119 Å². The fourth-order valence-electron chi connectivity index (χ4n) is 4.20. The van der Waals surface area contributed by atoms with Crippen LogP contribution in [0.2, 0.25) is 0 Å². The summed E-state index contributed by atoms with van der Waals surface area (Å²) in [5.74, 6) is 1.05. The van der Waals surface area contributed by atoms with E-state index in [2.05, 4.69) is 42.1 Å². The monoisotopic (exact) mass is 268 g/mol. The molecule has 0 saturated carbocycles. The summed E-state index contributed by atoms with van der Waals surface area (Å²) >= 11 is 0. The van der Waals surface area contributed by atoms with Crippen LogP contribution in [-0.2, 0) is 0 Å². The number of aromatic amines is 1. The second-order valence-corrected chi connectivity index (χ2v) is 6.29. The quantitative estimate of drug-likeness (QED) is 0.860. The first-order valence-corrected chi connectivity index (χ1v) is 7.55. The molecule has 2 heterocycles. The van der Waals surface area contributed by atoms with Crippen LogP contribution in [0.15, 0.2) is 24.3 Å². The molecule has 1 saturated heterocycles.